The standard InChI is InChI=1S/C26H26ClN5O5/c1-16-3-5-18(6-4-16)15-31-24(30-25(35)32(26(31)36)14-17(2)23(33)34)29-20-8-10-21(11-9-20)37-22-12-7-19(27)13-28-22/h3-13,17,26,36H,14-15H2,1-2H3,(H,33,34)(H,29,30,35)/t17-,26?/m0/s1. The number of nitrogens with one attached hydrogen (secondary N) is 1. The number of ether oxygens (including phenoxy) is 1. The van der Waals surface area contributed by atoms with Crippen molar-refractivity contribution in [2.75, 3.05) is 6.54 Å². The number of aromatic nitrogens is 1. The minimum atomic E-state index is -1.42. The third kappa shape index (κ3) is 6.54. The summed E-state index contributed by atoms with van der Waals surface area (Å²) in [6, 6.07) is 17.2. The first-order valence-corrected chi connectivity index (χ1v) is 11.9. The molecule has 2 atom stereocenters. The minimum absolute atomic E-state index is 0.130. The van der Waals surface area contributed by atoms with Crippen LogP contribution in [0, 0.1) is 12.8 Å². The summed E-state index contributed by atoms with van der Waals surface area (Å²) in [5.74, 6) is -0.906. The molecule has 2 amide bonds. The maximum Gasteiger partial charge on any atom is 0.327 e. The molecular formula is C26H26ClN5O5. The second-order valence-electron chi connectivity index (χ2n) is 8.63. The molecule has 2 aromatic carbocycles. The number of aliphatic hydroxyl groups excluding tert-OH is 1. The van der Waals surface area contributed by atoms with Crippen molar-refractivity contribution in [3.63, 3.8) is 0 Å². The molecule has 10 nitrogen and oxygen atoms in total. The maximum atomic E-state index is 12.8. The number of nitrogens with zero attached hydrogens (tertiary/aromatic N) is 4. The number of carboxylic acid groups (broad SMARTS) is 1. The molecule has 11 heteroatoms. The van der Waals surface area contributed by atoms with Crippen molar-refractivity contribution in [2.45, 2.75) is 26.7 Å². The number of pyridine rings is 1. The number of carbonyl (C=O) groups is 2. The number of guanidine groups is 1. The monoisotopic (exact) mass is 523 g/mol. The van der Waals surface area contributed by atoms with E-state index in [2.05, 4.69) is 15.3 Å². The highest BCUT2D eigenvalue weighted by Crippen LogP contribution is 2.25. The van der Waals surface area contributed by atoms with E-state index in [9.17, 15) is 19.8 Å². The predicted molar refractivity (Wildman–Crippen MR) is 138 cm³/mol. The van der Waals surface area contributed by atoms with Gasteiger partial charge in [-0.15, -0.1) is 0 Å². The Morgan fingerprint density at radius 3 is 2.46 bits per heavy atom. The smallest absolute Gasteiger partial charge is 0.327 e. The number of hydrogen-bond donors (Lipinski definition) is 3. The van der Waals surface area contributed by atoms with Crippen molar-refractivity contribution in [1.29, 1.82) is 0 Å². The Balaban J connectivity index is 1.58. The van der Waals surface area contributed by atoms with Gasteiger partial charge in [0, 0.05) is 18.8 Å². The SMILES string of the molecule is Cc1ccc(CN2C(=Nc3ccc(Oc4ccc(Cl)cn4)cc3)NC(=O)N(C[C@H](C)C(=O)O)C2O)cc1. The summed E-state index contributed by atoms with van der Waals surface area (Å²) >= 11 is 5.85. The molecule has 192 valence electrons. The third-order valence-electron chi connectivity index (χ3n) is 5.67. The van der Waals surface area contributed by atoms with Crippen LogP contribution in [0.25, 0.3) is 0 Å². The molecule has 0 radical (unpaired) electrons. The van der Waals surface area contributed by atoms with Gasteiger partial charge in [0.2, 0.25) is 18.2 Å². The van der Waals surface area contributed by atoms with Gasteiger partial charge in [-0.2, -0.15) is 0 Å². The van der Waals surface area contributed by atoms with Gasteiger partial charge in [0.25, 0.3) is 0 Å². The van der Waals surface area contributed by atoms with Crippen molar-refractivity contribution < 1.29 is 24.5 Å². The average molecular weight is 524 g/mol. The molecule has 1 unspecified atom stereocenters. The van der Waals surface area contributed by atoms with E-state index in [1.54, 1.807) is 36.4 Å². The summed E-state index contributed by atoms with van der Waals surface area (Å²) in [5.41, 5.74) is 2.46. The molecule has 1 aliphatic rings. The van der Waals surface area contributed by atoms with E-state index in [0.717, 1.165) is 16.0 Å². The highest BCUT2D eigenvalue weighted by molar-refractivity contribution is 6.30. The lowest BCUT2D eigenvalue weighted by atomic mass is 10.1. The topological polar surface area (TPSA) is 128 Å². The summed E-state index contributed by atoms with van der Waals surface area (Å²) < 4.78 is 5.70. The maximum absolute atomic E-state index is 12.8. The van der Waals surface area contributed by atoms with Crippen LogP contribution in [0.15, 0.2) is 71.9 Å². The zero-order valence-corrected chi connectivity index (χ0v) is 21.0. The first kappa shape index (κ1) is 25.9. The molecule has 1 aliphatic heterocycles. The van der Waals surface area contributed by atoms with Crippen molar-refractivity contribution in [3.05, 3.63) is 83.0 Å². The van der Waals surface area contributed by atoms with Crippen LogP contribution in [0.4, 0.5) is 10.5 Å². The fourth-order valence-electron chi connectivity index (χ4n) is 3.57. The molecule has 1 saturated heterocycles. The fraction of sp³-hybridized carbons (Fsp3) is 0.231. The molecule has 3 aromatic rings. The number of aliphatic imine (C=N–C) groups is 1. The first-order valence-electron chi connectivity index (χ1n) is 11.5. The summed E-state index contributed by atoms with van der Waals surface area (Å²) in [6.45, 7) is 3.49. The highest BCUT2D eigenvalue weighted by atomic mass is 35.5. The summed E-state index contributed by atoms with van der Waals surface area (Å²) in [7, 11) is 0. The van der Waals surface area contributed by atoms with E-state index < -0.39 is 24.3 Å². The highest BCUT2D eigenvalue weighted by Gasteiger charge is 2.37. The van der Waals surface area contributed by atoms with Gasteiger partial charge in [-0.05, 0) is 42.8 Å². The molecule has 0 aliphatic carbocycles. The number of rotatable bonds is 8. The largest absolute Gasteiger partial charge is 0.481 e. The van der Waals surface area contributed by atoms with Gasteiger partial charge in [0.1, 0.15) is 5.75 Å². The van der Waals surface area contributed by atoms with E-state index in [1.165, 1.54) is 18.0 Å². The molecule has 0 saturated carbocycles. The van der Waals surface area contributed by atoms with Crippen molar-refractivity contribution in [1.82, 2.24) is 20.1 Å². The fourth-order valence-corrected chi connectivity index (χ4v) is 3.68. The third-order valence-corrected chi connectivity index (χ3v) is 5.89. The van der Waals surface area contributed by atoms with Crippen LogP contribution in [0.1, 0.15) is 18.1 Å². The number of hydrogen-bond acceptors (Lipinski definition) is 6. The van der Waals surface area contributed by atoms with Crippen molar-refractivity contribution >= 4 is 35.2 Å². The van der Waals surface area contributed by atoms with Crippen LogP contribution in [0.3, 0.4) is 0 Å². The number of amides is 2. The van der Waals surface area contributed by atoms with Gasteiger partial charge in [-0.3, -0.25) is 19.9 Å². The second-order valence-corrected chi connectivity index (χ2v) is 9.06. The first-order chi connectivity index (χ1) is 17.7. The Morgan fingerprint density at radius 1 is 1.14 bits per heavy atom. The van der Waals surface area contributed by atoms with Crippen LogP contribution < -0.4 is 10.1 Å². The van der Waals surface area contributed by atoms with E-state index in [1.807, 2.05) is 31.2 Å². The number of urea groups is 1. The molecule has 2 heterocycles. The summed E-state index contributed by atoms with van der Waals surface area (Å²) in [4.78, 5) is 35.4. The summed E-state index contributed by atoms with van der Waals surface area (Å²) in [6.07, 6.45) is 0.0615. The van der Waals surface area contributed by atoms with Gasteiger partial charge in [-0.25, -0.2) is 14.8 Å². The lowest BCUT2D eigenvalue weighted by Crippen LogP contribution is -2.66. The number of carboxylic acids is 1. The van der Waals surface area contributed by atoms with E-state index in [4.69, 9.17) is 16.3 Å². The number of aryl methyl sites for hydroxylation is 1. The number of benzene rings is 2. The molecule has 0 spiro atoms. The Labute approximate surface area is 218 Å². The van der Waals surface area contributed by atoms with Gasteiger partial charge < -0.3 is 14.9 Å². The lowest BCUT2D eigenvalue weighted by molar-refractivity contribution is -0.143. The predicted octanol–water partition coefficient (Wildman–Crippen LogP) is 4.35. The van der Waals surface area contributed by atoms with Crippen LogP contribution in [-0.2, 0) is 11.3 Å². The number of carbonyl (C=O) groups excluding carboxylic acids is 1. The Kier molecular flexibility index (Phi) is 7.90. The van der Waals surface area contributed by atoms with Gasteiger partial charge >= 0.3 is 12.0 Å². The minimum Gasteiger partial charge on any atom is -0.481 e. The molecule has 1 aromatic heterocycles. The van der Waals surface area contributed by atoms with Crippen LogP contribution in [0.5, 0.6) is 11.6 Å². The van der Waals surface area contributed by atoms with Gasteiger partial charge in [0.15, 0.2) is 0 Å². The van der Waals surface area contributed by atoms with Crippen LogP contribution >= 0.6 is 11.6 Å². The zero-order chi connectivity index (χ0) is 26.5. The second kappa shape index (κ2) is 11.3. The number of aliphatic hydroxyl groups is 1. The van der Waals surface area contributed by atoms with Gasteiger partial charge in [-0.1, -0.05) is 48.4 Å². The number of aliphatic carboxylic acids is 1. The zero-order valence-electron chi connectivity index (χ0n) is 20.2. The van der Waals surface area contributed by atoms with E-state index >= 15 is 0 Å². The van der Waals surface area contributed by atoms with Crippen molar-refractivity contribution in [3.8, 4) is 11.6 Å². The Morgan fingerprint density at radius 2 is 1.84 bits per heavy atom. The van der Waals surface area contributed by atoms with E-state index in [-0.39, 0.29) is 19.0 Å². The molecule has 37 heavy (non-hydrogen) atoms. The molecule has 4 rings (SSSR count). The lowest BCUT2D eigenvalue weighted by Gasteiger charge is -2.42. The average Bonchev–Trinajstić information content (AvgIpc) is 2.87. The van der Waals surface area contributed by atoms with E-state index in [0.29, 0.717) is 22.3 Å². The molecule has 1 fully saturated rings. The molecular weight excluding hydrogens is 498 g/mol. The summed E-state index contributed by atoms with van der Waals surface area (Å²) in [5, 5.41) is 23.6. The van der Waals surface area contributed by atoms with Crippen molar-refractivity contribution in [2.24, 2.45) is 10.9 Å². The van der Waals surface area contributed by atoms with Crippen LogP contribution in [0.2, 0.25) is 5.02 Å². The quantitative estimate of drug-likeness (QED) is 0.400. The Bertz CT molecular complexity index is 1280. The normalized spacial score (nSPS) is 17.5. The Hall–Kier alpha value is -4.15. The van der Waals surface area contributed by atoms with Crippen LogP contribution in [-0.4, -0.2) is 55.9 Å². The number of halogens is 1. The molecule has 0 bridgehead atoms. The van der Waals surface area contributed by atoms with Gasteiger partial charge in [0.05, 0.1) is 23.2 Å². The molecule has 3 N–H and O–H groups in total.